The standard InChI is InChI=1S/C13H21N3O2.C11H19N3O.C11H17N3O.C9H16O2.C9H18O.C8H15N3O.C6H10O2.2CH4/c1-3-18-13(17)10(2)4-5-11-6-8-12(9-7-11)15-16-14;2*1-9(8-15)2-3-10-4-6-11(7-5-10)13-14-12;1-7-2-4-8(5-3-7)6-9(10)11;1-8-2-4-9(5-3-8)6-7-10;9-11-10-8-3-1-7(2-4-8)5-6-12;1-4-8-6(7)5(2)3;;/h4,11-12H,3,5-9H2,1-2H3;2,10-11,15H,3-8H2,1H3;2,8,10-11H,3-7H2,1H3;7-8H,2-6H2,1H3,(H,10,11);8-10H,2-7H2,1H3;7-8,12H,1-6H2;2,4H2,1,3H3;2*1H4/b10-4+;2*9-2+;;;;;;. The first kappa shape index (κ1) is 89.4. The van der Waals surface area contributed by atoms with Gasteiger partial charge in [-0.25, -0.2) is 9.59 Å². The van der Waals surface area contributed by atoms with E-state index >= 15 is 0 Å². The smallest absolute Gasteiger partial charge is 0.333 e. The molecule has 4 N–H and O–H groups in total. The minimum Gasteiger partial charge on any atom is -0.481 e. The number of hydrogen-bond donors (Lipinski definition) is 4. The maximum atomic E-state index is 11.4. The Morgan fingerprint density at radius 1 is 0.484 bits per heavy atom. The van der Waals surface area contributed by atoms with Gasteiger partial charge in [-0.1, -0.05) is 118 Å². The fraction of sp³-hybridized carbons (Fsp3) is 0.826. The Bertz CT molecular complexity index is 2240. The zero-order valence-electron chi connectivity index (χ0n) is 55.8. The van der Waals surface area contributed by atoms with E-state index in [1.54, 1.807) is 20.8 Å². The molecule has 6 saturated carbocycles. The number of aliphatic carboxylic acids is 1. The summed E-state index contributed by atoms with van der Waals surface area (Å²) in [5.41, 5.74) is 36.2. The van der Waals surface area contributed by atoms with Crippen molar-refractivity contribution in [3.8, 4) is 0 Å². The van der Waals surface area contributed by atoms with Crippen molar-refractivity contribution < 1.29 is 49.1 Å². The van der Waals surface area contributed by atoms with Crippen molar-refractivity contribution in [2.75, 3.05) is 33.0 Å². The Kier molecular flexibility index (Phi) is 57.0. The van der Waals surface area contributed by atoms with E-state index in [4.69, 9.17) is 47.3 Å². The van der Waals surface area contributed by atoms with Crippen molar-refractivity contribution in [2.24, 2.45) is 67.8 Å². The number of ether oxygens (including phenoxy) is 2. The summed E-state index contributed by atoms with van der Waals surface area (Å²) in [7, 11) is 0. The highest BCUT2D eigenvalue weighted by atomic mass is 16.5. The first-order chi connectivity index (χ1) is 42.7. The highest BCUT2D eigenvalue weighted by Crippen LogP contribution is 2.34. The Balaban J connectivity index is -0.00000100. The van der Waals surface area contributed by atoms with Crippen molar-refractivity contribution in [1.29, 1.82) is 0 Å². The topological polar surface area (TPSA) is 363 Å². The zero-order valence-corrected chi connectivity index (χ0v) is 55.8. The van der Waals surface area contributed by atoms with E-state index in [9.17, 15) is 19.2 Å². The van der Waals surface area contributed by atoms with Crippen LogP contribution in [0.25, 0.3) is 41.8 Å². The highest BCUT2D eigenvalue weighted by Gasteiger charge is 2.24. The Hall–Kier alpha value is -5.84. The van der Waals surface area contributed by atoms with Gasteiger partial charge in [0, 0.05) is 74.6 Å². The fourth-order valence-electron chi connectivity index (χ4n) is 11.9. The molecule has 520 valence electrons. The van der Waals surface area contributed by atoms with Crippen molar-refractivity contribution in [3.05, 3.63) is 88.9 Å². The lowest BCUT2D eigenvalue weighted by Crippen LogP contribution is -2.17. The van der Waals surface area contributed by atoms with Gasteiger partial charge >= 0.3 is 17.9 Å². The van der Waals surface area contributed by atoms with E-state index in [1.807, 2.05) is 32.9 Å². The number of azide groups is 4. The second kappa shape index (κ2) is 58.0. The van der Waals surface area contributed by atoms with Crippen molar-refractivity contribution in [2.45, 2.75) is 287 Å². The lowest BCUT2D eigenvalue weighted by molar-refractivity contribution is -0.139. The van der Waals surface area contributed by atoms with E-state index in [1.165, 1.54) is 38.5 Å². The number of carboxylic acid groups (broad SMARTS) is 1. The van der Waals surface area contributed by atoms with Crippen molar-refractivity contribution in [1.82, 2.24) is 0 Å². The summed E-state index contributed by atoms with van der Waals surface area (Å²) in [4.78, 5) is 53.9. The SMILES string of the molecule is C.C.C/C(=C\CC1CCC(N=[N+]=[N-])CC1)CO.C/C(C=O)=C\CC1CCC(N=[N+]=[N-])CC1.C=C(C)C(=O)OCC.CC1CCC(CC(=O)O)CC1.CC1CCC(CCO)CC1.CCOC(=O)/C(C)=C/CC1CCC(N=[N+]=[N-])CC1.[N-]=[N+]=NC1CCC(CCO)CC1. The third kappa shape index (κ3) is 47.7. The van der Waals surface area contributed by atoms with Gasteiger partial charge in [0.1, 0.15) is 6.29 Å². The zero-order chi connectivity index (χ0) is 66.6. The average molecular weight is 1280 g/mol. The lowest BCUT2D eigenvalue weighted by Gasteiger charge is -2.25. The van der Waals surface area contributed by atoms with Crippen molar-refractivity contribution >= 4 is 24.2 Å². The molecule has 6 aliphatic rings. The van der Waals surface area contributed by atoms with E-state index in [2.05, 4.69) is 71.3 Å². The molecule has 0 aromatic rings. The van der Waals surface area contributed by atoms with Crippen molar-refractivity contribution in [3.63, 3.8) is 0 Å². The predicted octanol–water partition coefficient (Wildman–Crippen LogP) is 19.4. The van der Waals surface area contributed by atoms with E-state index < -0.39 is 5.97 Å². The van der Waals surface area contributed by atoms with Crippen LogP contribution < -0.4 is 0 Å². The summed E-state index contributed by atoms with van der Waals surface area (Å²) < 4.78 is 9.49. The van der Waals surface area contributed by atoms with Gasteiger partial charge in [0.15, 0.2) is 0 Å². The van der Waals surface area contributed by atoms with Gasteiger partial charge in [0.05, 0.1) is 19.8 Å². The summed E-state index contributed by atoms with van der Waals surface area (Å²) in [6.45, 7) is 20.4. The predicted molar refractivity (Wildman–Crippen MR) is 367 cm³/mol. The highest BCUT2D eigenvalue weighted by molar-refractivity contribution is 5.87. The molecule has 0 unspecified atom stereocenters. The van der Waals surface area contributed by atoms with E-state index in [-0.39, 0.29) is 64.2 Å². The van der Waals surface area contributed by atoms with Crippen LogP contribution in [0, 0.1) is 47.3 Å². The second-order valence-electron chi connectivity index (χ2n) is 25.5. The Morgan fingerprint density at radius 2 is 0.791 bits per heavy atom. The summed E-state index contributed by atoms with van der Waals surface area (Å²) >= 11 is 0. The molecule has 0 radical (unpaired) electrons. The number of carbonyl (C=O) groups is 4. The number of allylic oxidation sites excluding steroid dienone is 4. The van der Waals surface area contributed by atoms with Crippen LogP contribution in [0.4, 0.5) is 0 Å². The second-order valence-corrected chi connectivity index (χ2v) is 25.5. The third-order valence-corrected chi connectivity index (χ3v) is 17.9. The molecule has 6 aliphatic carbocycles. The molecule has 0 aliphatic heterocycles. The third-order valence-electron chi connectivity index (χ3n) is 17.9. The number of carboxylic acids is 1. The largest absolute Gasteiger partial charge is 0.481 e. The first-order valence-corrected chi connectivity index (χ1v) is 33.4. The van der Waals surface area contributed by atoms with Gasteiger partial charge < -0.3 is 29.9 Å². The lowest BCUT2D eigenvalue weighted by atomic mass is 9.81. The summed E-state index contributed by atoms with van der Waals surface area (Å²) in [6, 6.07) is 0.794. The number of hydrogen-bond acceptors (Lipinski definition) is 13. The maximum absolute atomic E-state index is 11.4. The fourth-order valence-corrected chi connectivity index (χ4v) is 11.9. The van der Waals surface area contributed by atoms with Gasteiger partial charge in [-0.05, 0) is 264 Å². The Morgan fingerprint density at radius 3 is 1.08 bits per heavy atom. The number of nitrogens with zero attached hydrogens (tertiary/aromatic N) is 12. The van der Waals surface area contributed by atoms with Crippen LogP contribution in [0.1, 0.15) is 263 Å². The quantitative estimate of drug-likeness (QED) is 0.0151. The molecule has 0 aromatic heterocycles. The molecule has 0 spiro atoms. The van der Waals surface area contributed by atoms with Gasteiger partial charge in [-0.3, -0.25) is 9.59 Å². The molecule has 22 heteroatoms. The van der Waals surface area contributed by atoms with Gasteiger partial charge in [0.2, 0.25) is 0 Å². The molecule has 0 atom stereocenters. The maximum Gasteiger partial charge on any atom is 0.333 e. The normalized spacial score (nSPS) is 25.9. The molecule has 0 bridgehead atoms. The number of aliphatic hydroxyl groups excluding tert-OH is 3. The summed E-state index contributed by atoms with van der Waals surface area (Å²) in [6.07, 6.45) is 39.1. The number of esters is 2. The molecule has 91 heavy (non-hydrogen) atoms. The van der Waals surface area contributed by atoms with E-state index in [0.29, 0.717) is 67.0 Å². The van der Waals surface area contributed by atoms with Gasteiger partial charge in [-0.15, -0.1) is 0 Å². The number of rotatable bonds is 22. The van der Waals surface area contributed by atoms with Crippen LogP contribution in [-0.4, -0.2) is 102 Å². The monoisotopic (exact) mass is 1280 g/mol. The minimum absolute atomic E-state index is 0. The van der Waals surface area contributed by atoms with Crippen LogP contribution in [0.2, 0.25) is 0 Å². The van der Waals surface area contributed by atoms with Crippen LogP contribution >= 0.6 is 0 Å². The molecule has 0 aromatic carbocycles. The van der Waals surface area contributed by atoms with Crippen LogP contribution in [-0.2, 0) is 28.7 Å². The van der Waals surface area contributed by atoms with Crippen LogP contribution in [0.15, 0.2) is 67.6 Å². The number of aliphatic hydroxyl groups is 3. The summed E-state index contributed by atoms with van der Waals surface area (Å²) in [5.74, 6) is 4.50. The molecule has 0 amide bonds. The molecular formula is C69H124N12O10. The van der Waals surface area contributed by atoms with Gasteiger partial charge in [0.25, 0.3) is 0 Å². The van der Waals surface area contributed by atoms with Crippen LogP contribution in [0.3, 0.4) is 0 Å². The molecular weight excluding hydrogens is 1160 g/mol. The first-order valence-electron chi connectivity index (χ1n) is 33.4. The van der Waals surface area contributed by atoms with E-state index in [0.717, 1.165) is 183 Å². The van der Waals surface area contributed by atoms with Crippen LogP contribution in [0.5, 0.6) is 0 Å². The number of carbonyl (C=O) groups excluding carboxylic acids is 3. The molecule has 6 rings (SSSR count). The average Bonchev–Trinajstić information content (AvgIpc) is 3.59. The molecule has 6 fully saturated rings. The molecule has 0 heterocycles. The minimum atomic E-state index is -0.635. The molecule has 0 saturated heterocycles. The molecule has 22 nitrogen and oxygen atoms in total. The van der Waals surface area contributed by atoms with Gasteiger partial charge in [-0.2, -0.15) is 0 Å². The Labute approximate surface area is 547 Å². The summed E-state index contributed by atoms with van der Waals surface area (Å²) in [5, 5.41) is 49.7. The number of aldehydes is 1.